The number of carbonyl (C=O) groups is 1. The molecule has 1 aliphatic heterocycles. The molecular formula is C13H18O4. The summed E-state index contributed by atoms with van der Waals surface area (Å²) >= 11 is 0. The Labute approximate surface area is 101 Å². The molecule has 4 nitrogen and oxygen atoms in total. The van der Waals surface area contributed by atoms with E-state index in [-0.39, 0.29) is 0 Å². The highest BCUT2D eigenvalue weighted by Gasteiger charge is 2.45. The van der Waals surface area contributed by atoms with Gasteiger partial charge in [-0.25, -0.2) is 0 Å². The highest BCUT2D eigenvalue weighted by atomic mass is 16.6. The average molecular weight is 238 g/mol. The van der Waals surface area contributed by atoms with Crippen LogP contribution in [0.4, 0.5) is 0 Å². The fourth-order valence-corrected chi connectivity index (χ4v) is 1.72. The molecule has 0 saturated carbocycles. The summed E-state index contributed by atoms with van der Waals surface area (Å²) in [5.41, 5.74) is 0. The third-order valence-corrected chi connectivity index (χ3v) is 2.59. The molecule has 94 valence electrons. The first-order valence-corrected chi connectivity index (χ1v) is 5.60. The molecule has 0 bridgehead atoms. The van der Waals surface area contributed by atoms with E-state index in [0.717, 1.165) is 0 Å². The van der Waals surface area contributed by atoms with Gasteiger partial charge in [-0.15, -0.1) is 0 Å². The van der Waals surface area contributed by atoms with Gasteiger partial charge in [0.25, 0.3) is 0 Å². The van der Waals surface area contributed by atoms with E-state index in [1.807, 2.05) is 6.92 Å². The molecule has 0 radical (unpaired) electrons. The van der Waals surface area contributed by atoms with E-state index in [0.29, 0.717) is 0 Å². The van der Waals surface area contributed by atoms with Gasteiger partial charge in [-0.1, -0.05) is 30.4 Å². The molecule has 0 spiro atoms. The minimum atomic E-state index is -1.04. The Morgan fingerprint density at radius 3 is 2.59 bits per heavy atom. The van der Waals surface area contributed by atoms with Crippen molar-refractivity contribution < 1.29 is 19.7 Å². The normalized spacial score (nSPS) is 31.8. The van der Waals surface area contributed by atoms with Gasteiger partial charge in [0.15, 0.2) is 0 Å². The second kappa shape index (κ2) is 6.37. The van der Waals surface area contributed by atoms with Gasteiger partial charge in [-0.3, -0.25) is 4.79 Å². The van der Waals surface area contributed by atoms with Crippen LogP contribution in [0.15, 0.2) is 36.5 Å². The van der Waals surface area contributed by atoms with E-state index in [9.17, 15) is 15.0 Å². The molecule has 0 aliphatic carbocycles. The molecule has 1 fully saturated rings. The lowest BCUT2D eigenvalue weighted by atomic mass is 9.94. The lowest BCUT2D eigenvalue weighted by molar-refractivity contribution is -0.144. The molecular weight excluding hydrogens is 220 g/mol. The van der Waals surface area contributed by atoms with Crippen molar-refractivity contribution in [2.45, 2.75) is 32.2 Å². The first-order chi connectivity index (χ1) is 8.11. The van der Waals surface area contributed by atoms with Crippen molar-refractivity contribution in [3.8, 4) is 0 Å². The largest absolute Gasteiger partial charge is 0.455 e. The van der Waals surface area contributed by atoms with E-state index in [4.69, 9.17) is 4.74 Å². The molecule has 0 aromatic rings. The standard InChI is InChI=1S/C13H18O4/c1-3-5-6-8-9(14)11-12(15)10(7-4-2)17-13(11)16/h3-12,14-15H,1-2H3/b5-3+,7-4+,8-6+/t9-,10-,11+,12-/m0/s1. The van der Waals surface area contributed by atoms with Crippen LogP contribution in [0.5, 0.6) is 0 Å². The summed E-state index contributed by atoms with van der Waals surface area (Å²) in [5.74, 6) is -1.49. The zero-order valence-electron chi connectivity index (χ0n) is 9.98. The topological polar surface area (TPSA) is 66.8 Å². The quantitative estimate of drug-likeness (QED) is 0.435. The van der Waals surface area contributed by atoms with Crippen LogP contribution in [0.25, 0.3) is 0 Å². The van der Waals surface area contributed by atoms with E-state index >= 15 is 0 Å². The maximum atomic E-state index is 11.5. The van der Waals surface area contributed by atoms with Crippen molar-refractivity contribution in [2.24, 2.45) is 5.92 Å². The summed E-state index contributed by atoms with van der Waals surface area (Å²) in [6, 6.07) is 0. The number of ether oxygens (including phenoxy) is 1. The number of esters is 1. The molecule has 4 heteroatoms. The zero-order valence-corrected chi connectivity index (χ0v) is 9.98. The van der Waals surface area contributed by atoms with Crippen molar-refractivity contribution in [1.29, 1.82) is 0 Å². The summed E-state index contributed by atoms with van der Waals surface area (Å²) in [6.45, 7) is 3.62. The molecule has 4 atom stereocenters. The Balaban J connectivity index is 2.73. The van der Waals surface area contributed by atoms with Gasteiger partial charge in [-0.2, -0.15) is 0 Å². The predicted octanol–water partition coefficient (Wildman–Crippen LogP) is 0.958. The van der Waals surface area contributed by atoms with Crippen molar-refractivity contribution in [1.82, 2.24) is 0 Å². The minimum absolute atomic E-state index is 0.571. The first-order valence-electron chi connectivity index (χ1n) is 5.60. The monoisotopic (exact) mass is 238 g/mol. The van der Waals surface area contributed by atoms with Crippen LogP contribution in [0.3, 0.4) is 0 Å². The number of carbonyl (C=O) groups excluding carboxylic acids is 1. The Morgan fingerprint density at radius 2 is 2.00 bits per heavy atom. The molecule has 0 amide bonds. The number of allylic oxidation sites excluding steroid dienone is 4. The van der Waals surface area contributed by atoms with Crippen LogP contribution in [0.2, 0.25) is 0 Å². The number of cyclic esters (lactones) is 1. The van der Waals surface area contributed by atoms with Crippen molar-refractivity contribution >= 4 is 5.97 Å². The van der Waals surface area contributed by atoms with E-state index in [2.05, 4.69) is 0 Å². The van der Waals surface area contributed by atoms with Gasteiger partial charge in [0.1, 0.15) is 18.1 Å². The SMILES string of the molecule is C/C=C/C=C/[C@H](O)[C@H]1C(=O)O[C@@H](/C=C/C)[C@@H]1O. The molecule has 1 rings (SSSR count). The van der Waals surface area contributed by atoms with Crippen LogP contribution < -0.4 is 0 Å². The van der Waals surface area contributed by atoms with Crippen molar-refractivity contribution in [3.63, 3.8) is 0 Å². The third kappa shape index (κ3) is 3.28. The third-order valence-electron chi connectivity index (χ3n) is 2.59. The van der Waals surface area contributed by atoms with Gasteiger partial charge in [0.05, 0.1) is 6.10 Å². The van der Waals surface area contributed by atoms with Gasteiger partial charge in [-0.05, 0) is 19.9 Å². The maximum Gasteiger partial charge on any atom is 0.315 e. The van der Waals surface area contributed by atoms with Crippen molar-refractivity contribution in [2.75, 3.05) is 0 Å². The molecule has 17 heavy (non-hydrogen) atoms. The maximum absolute atomic E-state index is 11.5. The molecule has 0 aromatic carbocycles. The van der Waals surface area contributed by atoms with Gasteiger partial charge >= 0.3 is 5.97 Å². The second-order valence-electron chi connectivity index (χ2n) is 3.84. The molecule has 1 heterocycles. The smallest absolute Gasteiger partial charge is 0.315 e. The minimum Gasteiger partial charge on any atom is -0.455 e. The number of aliphatic hydroxyl groups excluding tert-OH is 2. The van der Waals surface area contributed by atoms with Gasteiger partial charge in [0, 0.05) is 0 Å². The Hall–Kier alpha value is -1.39. The van der Waals surface area contributed by atoms with Crippen LogP contribution in [-0.2, 0) is 9.53 Å². The number of hydrogen-bond acceptors (Lipinski definition) is 4. The second-order valence-corrected chi connectivity index (χ2v) is 3.84. The molecule has 2 N–H and O–H groups in total. The number of aliphatic hydroxyl groups is 2. The van der Waals surface area contributed by atoms with E-state index in [1.54, 1.807) is 37.3 Å². The summed E-state index contributed by atoms with van der Waals surface area (Å²) < 4.78 is 4.97. The summed E-state index contributed by atoms with van der Waals surface area (Å²) in [6.07, 6.45) is 7.22. The van der Waals surface area contributed by atoms with Crippen LogP contribution >= 0.6 is 0 Å². The highest BCUT2D eigenvalue weighted by molar-refractivity contribution is 5.77. The summed E-state index contributed by atoms with van der Waals surface area (Å²) in [4.78, 5) is 11.5. The van der Waals surface area contributed by atoms with Gasteiger partial charge < -0.3 is 14.9 Å². The zero-order chi connectivity index (χ0) is 12.8. The number of rotatable bonds is 4. The van der Waals surface area contributed by atoms with Gasteiger partial charge in [0.2, 0.25) is 0 Å². The van der Waals surface area contributed by atoms with Crippen LogP contribution in [0.1, 0.15) is 13.8 Å². The first kappa shape index (κ1) is 13.7. The fraction of sp³-hybridized carbons (Fsp3) is 0.462. The molecule has 0 aromatic heterocycles. The van der Waals surface area contributed by atoms with E-state index in [1.165, 1.54) is 6.08 Å². The van der Waals surface area contributed by atoms with Crippen LogP contribution in [-0.4, -0.2) is 34.5 Å². The lowest BCUT2D eigenvalue weighted by Crippen LogP contribution is -2.33. The Morgan fingerprint density at radius 1 is 1.29 bits per heavy atom. The Kier molecular flexibility index (Phi) is 5.12. The number of hydrogen-bond donors (Lipinski definition) is 2. The Bertz CT molecular complexity index is 343. The van der Waals surface area contributed by atoms with Crippen molar-refractivity contribution in [3.05, 3.63) is 36.5 Å². The lowest BCUT2D eigenvalue weighted by Gasteiger charge is -2.15. The summed E-state index contributed by atoms with van der Waals surface area (Å²) in [5, 5.41) is 19.7. The highest BCUT2D eigenvalue weighted by Crippen LogP contribution is 2.26. The molecule has 0 unspecified atom stereocenters. The molecule has 1 aliphatic rings. The van der Waals surface area contributed by atoms with Crippen LogP contribution in [0, 0.1) is 5.92 Å². The molecule has 1 saturated heterocycles. The summed E-state index contributed by atoms with van der Waals surface area (Å²) in [7, 11) is 0. The fourth-order valence-electron chi connectivity index (χ4n) is 1.72. The van der Waals surface area contributed by atoms with E-state index < -0.39 is 30.2 Å². The average Bonchev–Trinajstić information content (AvgIpc) is 2.55. The predicted molar refractivity (Wildman–Crippen MR) is 64.2 cm³/mol.